The van der Waals surface area contributed by atoms with E-state index in [-0.39, 0.29) is 12.2 Å². The Morgan fingerprint density at radius 3 is 3.06 bits per heavy atom. The van der Waals surface area contributed by atoms with E-state index in [0.29, 0.717) is 6.54 Å². The fraction of sp³-hybridized carbons (Fsp3) is 0.727. The van der Waals surface area contributed by atoms with E-state index in [4.69, 9.17) is 10.5 Å². The van der Waals surface area contributed by atoms with Crippen LogP contribution in [0.25, 0.3) is 0 Å². The Morgan fingerprint density at radius 1 is 1.56 bits per heavy atom. The van der Waals surface area contributed by atoms with Gasteiger partial charge in [-0.2, -0.15) is 0 Å². The van der Waals surface area contributed by atoms with Crippen molar-refractivity contribution in [1.82, 2.24) is 9.55 Å². The molecule has 0 spiro atoms. The van der Waals surface area contributed by atoms with Crippen LogP contribution in [0.5, 0.6) is 0 Å². The van der Waals surface area contributed by atoms with E-state index < -0.39 is 0 Å². The van der Waals surface area contributed by atoms with Crippen molar-refractivity contribution in [2.45, 2.75) is 32.6 Å². The number of morpholine rings is 1. The summed E-state index contributed by atoms with van der Waals surface area (Å²) >= 11 is 0. The lowest BCUT2D eigenvalue weighted by Gasteiger charge is -2.37. The minimum absolute atomic E-state index is 0.116. The van der Waals surface area contributed by atoms with Crippen LogP contribution in [-0.2, 0) is 11.3 Å². The van der Waals surface area contributed by atoms with Gasteiger partial charge in [-0.05, 0) is 13.8 Å². The molecule has 90 valence electrons. The van der Waals surface area contributed by atoms with E-state index in [2.05, 4.69) is 28.3 Å². The van der Waals surface area contributed by atoms with Crippen molar-refractivity contribution in [2.24, 2.45) is 5.73 Å². The molecule has 1 aliphatic rings. The van der Waals surface area contributed by atoms with E-state index in [0.717, 1.165) is 25.6 Å². The number of nitrogens with zero attached hydrogens (tertiary/aromatic N) is 3. The molecule has 5 heteroatoms. The largest absolute Gasteiger partial charge is 0.370 e. The van der Waals surface area contributed by atoms with Crippen LogP contribution in [0.2, 0.25) is 0 Å². The number of hydrogen-bond acceptors (Lipinski definition) is 4. The molecule has 0 radical (unpaired) electrons. The van der Waals surface area contributed by atoms with Crippen molar-refractivity contribution >= 4 is 5.95 Å². The molecule has 0 aliphatic carbocycles. The molecule has 1 aliphatic heterocycles. The Hall–Kier alpha value is -1.07. The second-order valence-electron chi connectivity index (χ2n) is 4.22. The molecular formula is C11H20N4O. The topological polar surface area (TPSA) is 56.3 Å². The van der Waals surface area contributed by atoms with Crippen molar-refractivity contribution in [3.63, 3.8) is 0 Å². The van der Waals surface area contributed by atoms with Crippen LogP contribution in [0.4, 0.5) is 5.95 Å². The number of aromatic nitrogens is 2. The Labute approximate surface area is 96.2 Å². The van der Waals surface area contributed by atoms with Crippen LogP contribution in [0, 0.1) is 0 Å². The van der Waals surface area contributed by atoms with E-state index >= 15 is 0 Å². The number of imidazole rings is 1. The average Bonchev–Trinajstić information content (AvgIpc) is 2.76. The zero-order chi connectivity index (χ0) is 11.5. The molecule has 5 nitrogen and oxygen atoms in total. The van der Waals surface area contributed by atoms with Crippen LogP contribution < -0.4 is 10.6 Å². The summed E-state index contributed by atoms with van der Waals surface area (Å²) in [6, 6.07) is 0. The zero-order valence-corrected chi connectivity index (χ0v) is 9.97. The van der Waals surface area contributed by atoms with Gasteiger partial charge in [0.05, 0.1) is 12.2 Å². The number of aryl methyl sites for hydroxylation is 1. The highest BCUT2D eigenvalue weighted by atomic mass is 16.5. The van der Waals surface area contributed by atoms with Gasteiger partial charge in [-0.1, -0.05) is 0 Å². The summed E-state index contributed by atoms with van der Waals surface area (Å²) in [4.78, 5) is 6.67. The van der Waals surface area contributed by atoms with Gasteiger partial charge in [-0.15, -0.1) is 0 Å². The summed E-state index contributed by atoms with van der Waals surface area (Å²) < 4.78 is 7.88. The normalized spacial score (nSPS) is 26.1. The lowest BCUT2D eigenvalue weighted by Crippen LogP contribution is -2.50. The van der Waals surface area contributed by atoms with Crippen LogP contribution in [0.15, 0.2) is 12.4 Å². The lowest BCUT2D eigenvalue weighted by atomic mass is 10.2. The fourth-order valence-electron chi connectivity index (χ4n) is 2.17. The van der Waals surface area contributed by atoms with Gasteiger partial charge in [-0.25, -0.2) is 4.98 Å². The SMILES string of the molecule is CCn1ccnc1N1CC(C)OC(CN)C1. The maximum Gasteiger partial charge on any atom is 0.205 e. The van der Waals surface area contributed by atoms with Gasteiger partial charge in [-0.3, -0.25) is 0 Å². The van der Waals surface area contributed by atoms with Crippen molar-refractivity contribution in [1.29, 1.82) is 0 Å². The van der Waals surface area contributed by atoms with E-state index in [9.17, 15) is 0 Å². The standard InChI is InChI=1S/C11H20N4O/c1-3-14-5-4-13-11(14)15-7-9(2)16-10(6-12)8-15/h4-5,9-10H,3,6-8,12H2,1-2H3. The first-order chi connectivity index (χ1) is 7.74. The van der Waals surface area contributed by atoms with Gasteiger partial charge >= 0.3 is 0 Å². The second-order valence-corrected chi connectivity index (χ2v) is 4.22. The second kappa shape index (κ2) is 4.84. The molecule has 2 atom stereocenters. The molecule has 1 saturated heterocycles. The third-order valence-corrected chi connectivity index (χ3v) is 2.91. The highest BCUT2D eigenvalue weighted by Gasteiger charge is 2.26. The fourth-order valence-corrected chi connectivity index (χ4v) is 2.17. The molecule has 1 aromatic rings. The molecule has 0 bridgehead atoms. The Balaban J connectivity index is 2.14. The number of ether oxygens (including phenoxy) is 1. The van der Waals surface area contributed by atoms with E-state index in [1.54, 1.807) is 0 Å². The minimum atomic E-state index is 0.116. The molecule has 1 aromatic heterocycles. The number of nitrogens with two attached hydrogens (primary N) is 1. The maximum absolute atomic E-state index is 5.73. The van der Waals surface area contributed by atoms with Crippen LogP contribution in [-0.4, -0.2) is 41.4 Å². The minimum Gasteiger partial charge on any atom is -0.370 e. The van der Waals surface area contributed by atoms with Crippen molar-refractivity contribution in [3.8, 4) is 0 Å². The summed E-state index contributed by atoms with van der Waals surface area (Å²) in [6.07, 6.45) is 4.18. The Kier molecular flexibility index (Phi) is 3.46. The van der Waals surface area contributed by atoms with Gasteiger partial charge in [0.1, 0.15) is 0 Å². The predicted octanol–water partition coefficient (Wildman–Crippen LogP) is 0.455. The lowest BCUT2D eigenvalue weighted by molar-refractivity contribution is -0.0111. The molecular weight excluding hydrogens is 204 g/mol. The Morgan fingerprint density at radius 2 is 2.38 bits per heavy atom. The number of hydrogen-bond donors (Lipinski definition) is 1. The summed E-state index contributed by atoms with van der Waals surface area (Å²) in [5.74, 6) is 1.02. The van der Waals surface area contributed by atoms with Crippen molar-refractivity contribution < 1.29 is 4.74 Å². The first-order valence-electron chi connectivity index (χ1n) is 5.86. The Bertz CT molecular complexity index is 338. The highest BCUT2D eigenvalue weighted by molar-refractivity contribution is 5.32. The number of rotatable bonds is 3. The van der Waals surface area contributed by atoms with Crippen molar-refractivity contribution in [2.75, 3.05) is 24.5 Å². The molecule has 2 rings (SSSR count). The zero-order valence-electron chi connectivity index (χ0n) is 9.97. The molecule has 0 amide bonds. The maximum atomic E-state index is 5.73. The molecule has 2 heterocycles. The quantitative estimate of drug-likeness (QED) is 0.810. The molecule has 2 unspecified atom stereocenters. The van der Waals surface area contributed by atoms with Crippen LogP contribution >= 0.6 is 0 Å². The van der Waals surface area contributed by atoms with Crippen LogP contribution in [0.3, 0.4) is 0 Å². The smallest absolute Gasteiger partial charge is 0.205 e. The molecule has 16 heavy (non-hydrogen) atoms. The summed E-state index contributed by atoms with van der Waals surface area (Å²) in [6.45, 7) is 7.41. The molecule has 0 aromatic carbocycles. The summed E-state index contributed by atoms with van der Waals surface area (Å²) in [5, 5.41) is 0. The summed E-state index contributed by atoms with van der Waals surface area (Å²) in [7, 11) is 0. The monoisotopic (exact) mass is 224 g/mol. The van der Waals surface area contributed by atoms with Gasteiger partial charge in [0, 0.05) is 38.6 Å². The third-order valence-electron chi connectivity index (χ3n) is 2.91. The van der Waals surface area contributed by atoms with E-state index in [1.807, 2.05) is 12.4 Å². The van der Waals surface area contributed by atoms with Gasteiger partial charge in [0.15, 0.2) is 0 Å². The first-order valence-corrected chi connectivity index (χ1v) is 5.86. The predicted molar refractivity (Wildman–Crippen MR) is 63.5 cm³/mol. The molecule has 1 fully saturated rings. The average molecular weight is 224 g/mol. The molecule has 0 saturated carbocycles. The third kappa shape index (κ3) is 2.20. The van der Waals surface area contributed by atoms with Crippen LogP contribution in [0.1, 0.15) is 13.8 Å². The van der Waals surface area contributed by atoms with Gasteiger partial charge < -0.3 is 19.9 Å². The first kappa shape index (κ1) is 11.4. The van der Waals surface area contributed by atoms with Crippen molar-refractivity contribution in [3.05, 3.63) is 12.4 Å². The van der Waals surface area contributed by atoms with Gasteiger partial charge in [0.2, 0.25) is 5.95 Å². The highest BCUT2D eigenvalue weighted by Crippen LogP contribution is 2.18. The summed E-state index contributed by atoms with van der Waals surface area (Å²) in [5.41, 5.74) is 5.67. The molecule has 2 N–H and O–H groups in total. The van der Waals surface area contributed by atoms with Gasteiger partial charge in [0.25, 0.3) is 0 Å². The number of anilines is 1. The van der Waals surface area contributed by atoms with E-state index in [1.165, 1.54) is 0 Å².